The zero-order chi connectivity index (χ0) is 12.0. The van der Waals surface area contributed by atoms with Gasteiger partial charge in [-0.15, -0.1) is 0 Å². The van der Waals surface area contributed by atoms with Crippen LogP contribution in [0.25, 0.3) is 0 Å². The quantitative estimate of drug-likeness (QED) is 0.807. The Balaban J connectivity index is 2.59. The maximum absolute atomic E-state index is 12.7. The van der Waals surface area contributed by atoms with E-state index < -0.39 is 0 Å². The molecule has 0 saturated carbocycles. The van der Waals surface area contributed by atoms with Gasteiger partial charge in [0.2, 0.25) is 0 Å². The number of ether oxygens (including phenoxy) is 1. The molecule has 1 aromatic carbocycles. The van der Waals surface area contributed by atoms with E-state index in [1.165, 1.54) is 12.1 Å². The highest BCUT2D eigenvalue weighted by molar-refractivity contribution is 5.22. The third-order valence-corrected chi connectivity index (χ3v) is 2.60. The standard InChI is InChI=1S/C13H20FNO/c1-3-5-12(15)13(4-2)16-11-8-6-10(14)7-9-11/h6-9,12-13H,3-5,15H2,1-2H3. The van der Waals surface area contributed by atoms with Crippen LogP contribution in [-0.4, -0.2) is 12.1 Å². The van der Waals surface area contributed by atoms with Gasteiger partial charge >= 0.3 is 0 Å². The molecule has 0 aliphatic rings. The zero-order valence-corrected chi connectivity index (χ0v) is 9.95. The maximum atomic E-state index is 12.7. The molecule has 0 aliphatic carbocycles. The molecule has 2 atom stereocenters. The molecule has 0 spiro atoms. The van der Waals surface area contributed by atoms with Crippen molar-refractivity contribution in [1.82, 2.24) is 0 Å². The van der Waals surface area contributed by atoms with E-state index >= 15 is 0 Å². The van der Waals surface area contributed by atoms with Crippen LogP contribution in [-0.2, 0) is 0 Å². The summed E-state index contributed by atoms with van der Waals surface area (Å²) in [6, 6.07) is 6.11. The second-order valence-corrected chi connectivity index (χ2v) is 3.97. The number of hydrogen-bond acceptors (Lipinski definition) is 2. The molecular weight excluding hydrogens is 205 g/mol. The molecule has 0 aromatic heterocycles. The lowest BCUT2D eigenvalue weighted by atomic mass is 10.0. The van der Waals surface area contributed by atoms with Crippen LogP contribution >= 0.6 is 0 Å². The van der Waals surface area contributed by atoms with E-state index in [0.29, 0.717) is 5.75 Å². The highest BCUT2D eigenvalue weighted by Crippen LogP contribution is 2.16. The third kappa shape index (κ3) is 3.81. The van der Waals surface area contributed by atoms with Crippen LogP contribution in [0.15, 0.2) is 24.3 Å². The molecule has 0 aliphatic heterocycles. The Morgan fingerprint density at radius 1 is 1.25 bits per heavy atom. The second-order valence-electron chi connectivity index (χ2n) is 3.97. The van der Waals surface area contributed by atoms with Crippen LogP contribution in [0.3, 0.4) is 0 Å². The summed E-state index contributed by atoms with van der Waals surface area (Å²) < 4.78 is 18.4. The second kappa shape index (κ2) is 6.48. The summed E-state index contributed by atoms with van der Waals surface area (Å²) in [5, 5.41) is 0. The van der Waals surface area contributed by atoms with E-state index in [1.807, 2.05) is 6.92 Å². The van der Waals surface area contributed by atoms with E-state index in [9.17, 15) is 4.39 Å². The molecule has 16 heavy (non-hydrogen) atoms. The summed E-state index contributed by atoms with van der Waals surface area (Å²) >= 11 is 0. The van der Waals surface area contributed by atoms with Crippen LogP contribution in [0.2, 0.25) is 0 Å². The van der Waals surface area contributed by atoms with Gasteiger partial charge in [-0.1, -0.05) is 20.3 Å². The third-order valence-electron chi connectivity index (χ3n) is 2.60. The molecule has 1 rings (SSSR count). The van der Waals surface area contributed by atoms with Crippen LogP contribution in [0.4, 0.5) is 4.39 Å². The van der Waals surface area contributed by atoms with E-state index in [-0.39, 0.29) is 18.0 Å². The fourth-order valence-corrected chi connectivity index (χ4v) is 1.68. The van der Waals surface area contributed by atoms with Crippen molar-refractivity contribution in [2.45, 2.75) is 45.3 Å². The summed E-state index contributed by atoms with van der Waals surface area (Å²) in [5.74, 6) is 0.429. The lowest BCUT2D eigenvalue weighted by Crippen LogP contribution is -2.38. The minimum Gasteiger partial charge on any atom is -0.489 e. The van der Waals surface area contributed by atoms with Gasteiger partial charge in [0.15, 0.2) is 0 Å². The molecular formula is C13H20FNO. The van der Waals surface area contributed by atoms with Crippen molar-refractivity contribution in [3.63, 3.8) is 0 Å². The Kier molecular flexibility index (Phi) is 5.26. The van der Waals surface area contributed by atoms with Gasteiger partial charge in [0.25, 0.3) is 0 Å². The SMILES string of the molecule is CCCC(N)C(CC)Oc1ccc(F)cc1. The first-order valence-electron chi connectivity index (χ1n) is 5.85. The van der Waals surface area contributed by atoms with Crippen molar-refractivity contribution in [2.24, 2.45) is 5.73 Å². The van der Waals surface area contributed by atoms with Gasteiger partial charge in [0, 0.05) is 6.04 Å². The molecule has 2 N–H and O–H groups in total. The summed E-state index contributed by atoms with van der Waals surface area (Å²) in [5.41, 5.74) is 6.02. The van der Waals surface area contributed by atoms with Crippen LogP contribution in [0.5, 0.6) is 5.75 Å². The van der Waals surface area contributed by atoms with Gasteiger partial charge in [-0.2, -0.15) is 0 Å². The number of benzene rings is 1. The Morgan fingerprint density at radius 2 is 1.88 bits per heavy atom. The molecule has 0 fully saturated rings. The predicted octanol–water partition coefficient (Wildman–Crippen LogP) is 3.11. The summed E-state index contributed by atoms with van der Waals surface area (Å²) in [6.45, 7) is 4.15. The lowest BCUT2D eigenvalue weighted by Gasteiger charge is -2.23. The molecule has 0 heterocycles. The topological polar surface area (TPSA) is 35.2 Å². The summed E-state index contributed by atoms with van der Waals surface area (Å²) in [4.78, 5) is 0. The highest BCUT2D eigenvalue weighted by Gasteiger charge is 2.16. The molecule has 0 amide bonds. The van der Waals surface area contributed by atoms with Crippen molar-refractivity contribution < 1.29 is 9.13 Å². The Hall–Kier alpha value is -1.09. The number of nitrogens with two attached hydrogens (primary N) is 1. The first kappa shape index (κ1) is 13.0. The van der Waals surface area contributed by atoms with E-state index in [0.717, 1.165) is 19.3 Å². The number of halogens is 1. The average Bonchev–Trinajstić information content (AvgIpc) is 2.28. The lowest BCUT2D eigenvalue weighted by molar-refractivity contribution is 0.161. The number of rotatable bonds is 6. The first-order valence-corrected chi connectivity index (χ1v) is 5.85. The molecule has 1 aromatic rings. The first-order chi connectivity index (χ1) is 7.67. The maximum Gasteiger partial charge on any atom is 0.123 e. The van der Waals surface area contributed by atoms with Gasteiger partial charge in [-0.05, 0) is 37.1 Å². The highest BCUT2D eigenvalue weighted by atomic mass is 19.1. The van der Waals surface area contributed by atoms with Crippen molar-refractivity contribution in [1.29, 1.82) is 0 Å². The predicted molar refractivity (Wildman–Crippen MR) is 64.0 cm³/mol. The molecule has 2 nitrogen and oxygen atoms in total. The normalized spacial score (nSPS) is 14.5. The Bertz CT molecular complexity index is 299. The van der Waals surface area contributed by atoms with Gasteiger partial charge in [0.05, 0.1) is 0 Å². The minimum atomic E-state index is -0.252. The molecule has 2 unspecified atom stereocenters. The fraction of sp³-hybridized carbons (Fsp3) is 0.538. The average molecular weight is 225 g/mol. The van der Waals surface area contributed by atoms with Crippen LogP contribution in [0, 0.1) is 5.82 Å². The van der Waals surface area contributed by atoms with E-state index in [2.05, 4.69) is 6.92 Å². The van der Waals surface area contributed by atoms with Gasteiger partial charge in [-0.3, -0.25) is 0 Å². The van der Waals surface area contributed by atoms with Crippen molar-refractivity contribution >= 4 is 0 Å². The van der Waals surface area contributed by atoms with Gasteiger partial charge in [-0.25, -0.2) is 4.39 Å². The monoisotopic (exact) mass is 225 g/mol. The van der Waals surface area contributed by atoms with Crippen molar-refractivity contribution in [3.8, 4) is 5.75 Å². The van der Waals surface area contributed by atoms with Crippen LogP contribution < -0.4 is 10.5 Å². The summed E-state index contributed by atoms with van der Waals surface area (Å²) in [6.07, 6.45) is 2.85. The summed E-state index contributed by atoms with van der Waals surface area (Å²) in [7, 11) is 0. The smallest absolute Gasteiger partial charge is 0.123 e. The minimum absolute atomic E-state index is 0.00501. The van der Waals surface area contributed by atoms with Gasteiger partial charge in [0.1, 0.15) is 17.7 Å². The zero-order valence-electron chi connectivity index (χ0n) is 9.95. The van der Waals surface area contributed by atoms with Crippen LogP contribution in [0.1, 0.15) is 33.1 Å². The van der Waals surface area contributed by atoms with Crippen molar-refractivity contribution in [3.05, 3.63) is 30.1 Å². The molecule has 90 valence electrons. The Morgan fingerprint density at radius 3 is 2.38 bits per heavy atom. The molecule has 3 heteroatoms. The molecule has 0 bridgehead atoms. The largest absolute Gasteiger partial charge is 0.489 e. The van der Waals surface area contributed by atoms with E-state index in [4.69, 9.17) is 10.5 Å². The molecule has 0 saturated heterocycles. The fourth-order valence-electron chi connectivity index (χ4n) is 1.68. The van der Waals surface area contributed by atoms with E-state index in [1.54, 1.807) is 12.1 Å². The molecule has 0 radical (unpaired) electrons. The van der Waals surface area contributed by atoms with Crippen molar-refractivity contribution in [2.75, 3.05) is 0 Å². The number of hydrogen-bond donors (Lipinski definition) is 1. The Labute approximate surface area is 96.6 Å². The van der Waals surface area contributed by atoms with Gasteiger partial charge < -0.3 is 10.5 Å².